The molecule has 0 unspecified atom stereocenters. The summed E-state index contributed by atoms with van der Waals surface area (Å²) in [5.74, 6) is 1.54. The second-order valence-electron chi connectivity index (χ2n) is 10.4. The van der Waals surface area contributed by atoms with Gasteiger partial charge >= 0.3 is 7.82 Å². The average molecular weight is 634 g/mol. The van der Waals surface area contributed by atoms with Crippen molar-refractivity contribution in [3.63, 3.8) is 0 Å². The molecule has 0 saturated carbocycles. The number of methoxy groups -OCH3 is 2. The molecule has 0 amide bonds. The molecule has 1 aliphatic heterocycles. The Hall–Kier alpha value is -4.36. The summed E-state index contributed by atoms with van der Waals surface area (Å²) in [6, 6.07) is 24.7. The number of aromatic nitrogens is 4. The first kappa shape index (κ1) is 30.7. The number of rotatable bonds is 11. The van der Waals surface area contributed by atoms with Gasteiger partial charge < -0.3 is 34.5 Å². The molecule has 13 nitrogen and oxygen atoms in total. The number of imidazole rings is 1. The first-order valence-corrected chi connectivity index (χ1v) is 15.6. The fourth-order valence-corrected chi connectivity index (χ4v) is 6.25. The minimum absolute atomic E-state index is 0.0813. The molecule has 1 saturated heterocycles. The van der Waals surface area contributed by atoms with Gasteiger partial charge in [-0.1, -0.05) is 54.6 Å². The zero-order chi connectivity index (χ0) is 31.6. The third-order valence-electron chi connectivity index (χ3n) is 7.79. The van der Waals surface area contributed by atoms with Crippen molar-refractivity contribution in [2.45, 2.75) is 30.5 Å². The van der Waals surface area contributed by atoms with Crippen LogP contribution in [0.5, 0.6) is 11.5 Å². The number of hydrogen-bond acceptors (Lipinski definition) is 10. The van der Waals surface area contributed by atoms with Crippen molar-refractivity contribution in [1.82, 2.24) is 19.5 Å². The van der Waals surface area contributed by atoms with Gasteiger partial charge in [-0.05, 0) is 41.0 Å². The van der Waals surface area contributed by atoms with E-state index in [9.17, 15) is 14.4 Å². The molecule has 1 fully saturated rings. The maximum Gasteiger partial charge on any atom is 0.469 e. The van der Waals surface area contributed by atoms with E-state index in [2.05, 4.69) is 15.0 Å². The molecular weight excluding hydrogens is 601 g/mol. The van der Waals surface area contributed by atoms with Gasteiger partial charge in [-0.15, -0.1) is 0 Å². The van der Waals surface area contributed by atoms with E-state index in [1.54, 1.807) is 18.8 Å². The number of nitrogen functional groups attached to an aromatic ring is 1. The van der Waals surface area contributed by atoms with Gasteiger partial charge in [-0.2, -0.15) is 0 Å². The van der Waals surface area contributed by atoms with Crippen molar-refractivity contribution >= 4 is 24.8 Å². The maximum atomic E-state index is 12.1. The second-order valence-corrected chi connectivity index (χ2v) is 11.6. The zero-order valence-electron chi connectivity index (χ0n) is 24.5. The van der Waals surface area contributed by atoms with E-state index in [4.69, 9.17) is 29.2 Å². The molecule has 6 rings (SSSR count). The molecule has 0 bridgehead atoms. The average Bonchev–Trinajstić information content (AvgIpc) is 3.66. The third kappa shape index (κ3) is 6.14. The normalized spacial score (nSPS) is 18.7. The van der Waals surface area contributed by atoms with Gasteiger partial charge in [0.05, 0.1) is 27.2 Å². The van der Waals surface area contributed by atoms with E-state index in [0.29, 0.717) is 22.7 Å². The maximum absolute atomic E-state index is 12.1. The summed E-state index contributed by atoms with van der Waals surface area (Å²) in [6.45, 7) is -0.113. The van der Waals surface area contributed by atoms with E-state index >= 15 is 0 Å². The summed E-state index contributed by atoms with van der Waals surface area (Å²) in [7, 11) is -1.71. The number of ether oxygens (including phenoxy) is 4. The fraction of sp³-hybridized carbons (Fsp3) is 0.258. The van der Waals surface area contributed by atoms with Crippen LogP contribution in [0.25, 0.3) is 11.2 Å². The Morgan fingerprint density at radius 1 is 0.911 bits per heavy atom. The SMILES string of the molecule is COc1ccc(C(OC[C@H]2O[C@@H](n3cnc4c(N)ncnc43)C[C@@H]2OP(=O)(O)O)(c2ccccc2)c2ccc(OC)cc2)cc1. The number of phosphoric acid groups is 1. The van der Waals surface area contributed by atoms with E-state index < -0.39 is 31.9 Å². The molecule has 3 heterocycles. The quantitative estimate of drug-likeness (QED) is 0.140. The number of nitrogens with two attached hydrogens (primary N) is 1. The van der Waals surface area contributed by atoms with Gasteiger partial charge in [0.15, 0.2) is 11.5 Å². The van der Waals surface area contributed by atoms with E-state index in [1.807, 2.05) is 78.9 Å². The van der Waals surface area contributed by atoms with E-state index in [-0.39, 0.29) is 18.8 Å². The fourth-order valence-electron chi connectivity index (χ4n) is 5.67. The second kappa shape index (κ2) is 12.6. The summed E-state index contributed by atoms with van der Waals surface area (Å²) >= 11 is 0. The first-order valence-electron chi connectivity index (χ1n) is 14.0. The van der Waals surface area contributed by atoms with Gasteiger partial charge in [-0.25, -0.2) is 19.5 Å². The summed E-state index contributed by atoms with van der Waals surface area (Å²) in [5, 5.41) is 0. The van der Waals surface area contributed by atoms with Crippen molar-refractivity contribution < 1.29 is 37.8 Å². The topological polar surface area (TPSA) is 173 Å². The molecule has 3 atom stereocenters. The summed E-state index contributed by atoms with van der Waals surface area (Å²) in [5.41, 5.74) is 7.98. The number of benzene rings is 3. The lowest BCUT2D eigenvalue weighted by molar-refractivity contribution is -0.0921. The zero-order valence-corrected chi connectivity index (χ0v) is 25.4. The number of nitrogens with zero attached hydrogens (tertiary/aromatic N) is 4. The summed E-state index contributed by atoms with van der Waals surface area (Å²) in [4.78, 5) is 32.2. The van der Waals surface area contributed by atoms with Gasteiger partial charge in [0, 0.05) is 6.42 Å². The molecule has 0 radical (unpaired) electrons. The van der Waals surface area contributed by atoms with Crippen LogP contribution in [0, 0.1) is 0 Å². The first-order chi connectivity index (χ1) is 21.7. The van der Waals surface area contributed by atoms with Gasteiger partial charge in [0.1, 0.15) is 47.4 Å². The molecule has 14 heteroatoms. The van der Waals surface area contributed by atoms with Crippen molar-refractivity contribution in [3.8, 4) is 11.5 Å². The van der Waals surface area contributed by atoms with Crippen LogP contribution >= 0.6 is 7.82 Å². The number of hydrogen-bond donors (Lipinski definition) is 3. The number of anilines is 1. The monoisotopic (exact) mass is 633 g/mol. The highest BCUT2D eigenvalue weighted by molar-refractivity contribution is 7.46. The van der Waals surface area contributed by atoms with Gasteiger partial charge in [0.2, 0.25) is 0 Å². The highest BCUT2D eigenvalue weighted by atomic mass is 31.2. The van der Waals surface area contributed by atoms with E-state index in [0.717, 1.165) is 16.7 Å². The number of phosphoric ester groups is 1. The Morgan fingerprint density at radius 3 is 2.09 bits per heavy atom. The Labute approximate surface area is 258 Å². The molecule has 0 aliphatic carbocycles. The Bertz CT molecular complexity index is 1750. The van der Waals surface area contributed by atoms with Crippen LogP contribution in [-0.4, -0.2) is 62.3 Å². The Balaban J connectivity index is 1.41. The summed E-state index contributed by atoms with van der Waals surface area (Å²) in [6.07, 6.45) is 0.223. The van der Waals surface area contributed by atoms with Crippen LogP contribution in [0.1, 0.15) is 29.3 Å². The molecular formula is C31H32N5O8P. The molecule has 5 aromatic rings. The largest absolute Gasteiger partial charge is 0.497 e. The van der Waals surface area contributed by atoms with Crippen molar-refractivity contribution in [3.05, 3.63) is 108 Å². The van der Waals surface area contributed by atoms with Crippen LogP contribution in [-0.2, 0) is 24.2 Å². The van der Waals surface area contributed by atoms with Crippen LogP contribution < -0.4 is 15.2 Å². The highest BCUT2D eigenvalue weighted by Gasteiger charge is 2.45. The van der Waals surface area contributed by atoms with Crippen molar-refractivity contribution in [2.75, 3.05) is 26.6 Å². The third-order valence-corrected chi connectivity index (χ3v) is 8.33. The molecule has 0 spiro atoms. The summed E-state index contributed by atoms with van der Waals surface area (Å²) < 4.78 is 43.1. The highest BCUT2D eigenvalue weighted by Crippen LogP contribution is 2.46. The molecule has 2 aromatic heterocycles. The lowest BCUT2D eigenvalue weighted by Crippen LogP contribution is -2.38. The lowest BCUT2D eigenvalue weighted by atomic mass is 9.80. The molecule has 1 aliphatic rings. The lowest BCUT2D eigenvalue weighted by Gasteiger charge is -2.37. The van der Waals surface area contributed by atoms with Crippen molar-refractivity contribution in [1.29, 1.82) is 0 Å². The molecule has 3 aromatic carbocycles. The predicted molar refractivity (Wildman–Crippen MR) is 163 cm³/mol. The molecule has 45 heavy (non-hydrogen) atoms. The van der Waals surface area contributed by atoms with Crippen LogP contribution in [0.15, 0.2) is 91.5 Å². The number of fused-ring (bicyclic) bond motifs is 1. The Kier molecular flexibility index (Phi) is 8.56. The predicted octanol–water partition coefficient (Wildman–Crippen LogP) is 4.20. The van der Waals surface area contributed by atoms with Gasteiger partial charge in [-0.3, -0.25) is 9.09 Å². The van der Waals surface area contributed by atoms with Gasteiger partial charge in [0.25, 0.3) is 0 Å². The van der Waals surface area contributed by atoms with Crippen molar-refractivity contribution in [2.24, 2.45) is 0 Å². The molecule has 4 N–H and O–H groups in total. The molecule has 234 valence electrons. The standard InChI is InChI=1S/C31H32N5O8P/c1-40-23-12-8-21(9-13-23)31(20-6-4-3-5-7-20,22-10-14-24(41-2)15-11-22)42-17-26-25(44-45(37,38)39)16-27(43-26)36-19-35-28-29(32)33-18-34-30(28)36/h3-15,18-19,25-27H,16-17H2,1-2H3,(H2,32,33,34)(H2,37,38,39)/t25-,26+,27+/m0/s1. The minimum atomic E-state index is -4.90. The Morgan fingerprint density at radius 2 is 1.51 bits per heavy atom. The van der Waals surface area contributed by atoms with Crippen LogP contribution in [0.3, 0.4) is 0 Å². The smallest absolute Gasteiger partial charge is 0.469 e. The minimum Gasteiger partial charge on any atom is -0.497 e. The van der Waals surface area contributed by atoms with Crippen LogP contribution in [0.4, 0.5) is 5.82 Å². The van der Waals surface area contributed by atoms with E-state index in [1.165, 1.54) is 12.7 Å². The van der Waals surface area contributed by atoms with Crippen LogP contribution in [0.2, 0.25) is 0 Å².